The molecule has 2 aromatic heterocycles. The van der Waals surface area contributed by atoms with Crippen LogP contribution in [0.2, 0.25) is 5.02 Å². The Morgan fingerprint density at radius 3 is 3.07 bits per heavy atom. The van der Waals surface area contributed by atoms with Gasteiger partial charge in [-0.1, -0.05) is 30.3 Å². The molecule has 1 atom stereocenters. The number of carbonyl (C=O) groups is 2. The van der Waals surface area contributed by atoms with E-state index in [-0.39, 0.29) is 17.6 Å². The molecule has 1 unspecified atom stereocenters. The summed E-state index contributed by atoms with van der Waals surface area (Å²) in [6.45, 7) is 4.30. The van der Waals surface area contributed by atoms with Crippen LogP contribution in [0.15, 0.2) is 23.4 Å². The molecule has 30 heavy (non-hydrogen) atoms. The van der Waals surface area contributed by atoms with Crippen LogP contribution in [0.5, 0.6) is 0 Å². The highest BCUT2D eigenvalue weighted by atomic mass is 35.5. The van der Waals surface area contributed by atoms with Crippen LogP contribution in [0.1, 0.15) is 41.1 Å². The second-order valence-corrected chi connectivity index (χ2v) is 9.82. The summed E-state index contributed by atoms with van der Waals surface area (Å²) >= 11 is 8.81. The SMILES string of the molecule is CCOC(=O)c1c(NC(=O)CSc2nc3ccc(Cl)cc3[nH]2)sc2c1CCC(C)C2. The van der Waals surface area contributed by atoms with Crippen molar-refractivity contribution in [3.63, 3.8) is 0 Å². The van der Waals surface area contributed by atoms with Gasteiger partial charge in [0.05, 0.1) is 29.0 Å². The number of rotatable bonds is 6. The smallest absolute Gasteiger partial charge is 0.341 e. The quantitative estimate of drug-likeness (QED) is 0.382. The summed E-state index contributed by atoms with van der Waals surface area (Å²) in [6.07, 6.45) is 2.81. The number of anilines is 1. The molecule has 0 radical (unpaired) electrons. The number of aromatic amines is 1. The molecule has 1 amide bonds. The fourth-order valence-corrected chi connectivity index (χ4v) is 5.85. The Morgan fingerprint density at radius 2 is 2.27 bits per heavy atom. The second-order valence-electron chi connectivity index (χ2n) is 7.32. The van der Waals surface area contributed by atoms with Gasteiger partial charge >= 0.3 is 5.97 Å². The molecular formula is C21H22ClN3O3S2. The zero-order valence-corrected chi connectivity index (χ0v) is 19.1. The zero-order chi connectivity index (χ0) is 21.3. The molecule has 6 nitrogen and oxygen atoms in total. The molecule has 4 rings (SSSR count). The number of hydrogen-bond acceptors (Lipinski definition) is 6. The predicted molar refractivity (Wildman–Crippen MR) is 122 cm³/mol. The molecule has 9 heteroatoms. The first-order chi connectivity index (χ1) is 14.4. The van der Waals surface area contributed by atoms with Crippen LogP contribution >= 0.6 is 34.7 Å². The van der Waals surface area contributed by atoms with Crippen LogP contribution in [0.4, 0.5) is 5.00 Å². The van der Waals surface area contributed by atoms with Crippen molar-refractivity contribution in [3.05, 3.63) is 39.2 Å². The molecule has 1 aliphatic carbocycles. The number of ether oxygens (including phenoxy) is 1. The number of benzene rings is 1. The standard InChI is InChI=1S/C21H22ClN3O3S2/c1-3-28-20(27)18-13-6-4-11(2)8-16(13)30-19(18)25-17(26)10-29-21-23-14-7-5-12(22)9-15(14)24-21/h5,7,9,11H,3-4,6,8,10H2,1-2H3,(H,23,24)(H,25,26). The maximum atomic E-state index is 12.6. The number of halogens is 1. The molecule has 0 saturated heterocycles. The molecule has 0 spiro atoms. The van der Waals surface area contributed by atoms with Gasteiger partial charge in [-0.05, 0) is 55.9 Å². The van der Waals surface area contributed by atoms with Gasteiger partial charge in [0.25, 0.3) is 0 Å². The zero-order valence-electron chi connectivity index (χ0n) is 16.7. The molecule has 1 aromatic carbocycles. The fourth-order valence-electron chi connectivity index (χ4n) is 3.58. The van der Waals surface area contributed by atoms with E-state index >= 15 is 0 Å². The van der Waals surface area contributed by atoms with E-state index in [4.69, 9.17) is 16.3 Å². The van der Waals surface area contributed by atoms with Crippen LogP contribution in [0.3, 0.4) is 0 Å². The minimum absolute atomic E-state index is 0.175. The fraction of sp³-hybridized carbons (Fsp3) is 0.381. The Kier molecular flexibility index (Phi) is 6.36. The summed E-state index contributed by atoms with van der Waals surface area (Å²) in [6, 6.07) is 5.42. The lowest BCUT2D eigenvalue weighted by atomic mass is 9.88. The lowest BCUT2D eigenvalue weighted by Crippen LogP contribution is -2.17. The van der Waals surface area contributed by atoms with Gasteiger partial charge in [0.2, 0.25) is 5.91 Å². The van der Waals surface area contributed by atoms with E-state index < -0.39 is 0 Å². The third-order valence-electron chi connectivity index (χ3n) is 5.01. The number of imidazole rings is 1. The monoisotopic (exact) mass is 463 g/mol. The van der Waals surface area contributed by atoms with Crippen molar-refractivity contribution in [2.75, 3.05) is 17.7 Å². The summed E-state index contributed by atoms with van der Waals surface area (Å²) in [7, 11) is 0. The van der Waals surface area contributed by atoms with E-state index in [0.29, 0.717) is 33.3 Å². The van der Waals surface area contributed by atoms with E-state index in [9.17, 15) is 9.59 Å². The minimum Gasteiger partial charge on any atom is -0.462 e. The van der Waals surface area contributed by atoms with Gasteiger partial charge in [0.15, 0.2) is 5.16 Å². The van der Waals surface area contributed by atoms with Crippen molar-refractivity contribution in [3.8, 4) is 0 Å². The highest BCUT2D eigenvalue weighted by Gasteiger charge is 2.29. The van der Waals surface area contributed by atoms with Crippen molar-refractivity contribution >= 4 is 62.6 Å². The molecule has 2 heterocycles. The third kappa shape index (κ3) is 4.50. The van der Waals surface area contributed by atoms with Gasteiger partial charge in [-0.2, -0.15) is 0 Å². The largest absolute Gasteiger partial charge is 0.462 e. The molecule has 158 valence electrons. The summed E-state index contributed by atoms with van der Waals surface area (Å²) in [5.74, 6) is 0.207. The summed E-state index contributed by atoms with van der Waals surface area (Å²) in [4.78, 5) is 34.0. The van der Waals surface area contributed by atoms with Crippen molar-refractivity contribution in [1.82, 2.24) is 9.97 Å². The van der Waals surface area contributed by atoms with Crippen LogP contribution in [0, 0.1) is 5.92 Å². The van der Waals surface area contributed by atoms with E-state index in [1.807, 2.05) is 6.07 Å². The average Bonchev–Trinajstić information content (AvgIpc) is 3.26. The van der Waals surface area contributed by atoms with E-state index in [0.717, 1.165) is 35.9 Å². The molecule has 0 fully saturated rings. The molecule has 2 N–H and O–H groups in total. The third-order valence-corrected chi connectivity index (χ3v) is 7.28. The second kappa shape index (κ2) is 8.99. The maximum Gasteiger partial charge on any atom is 0.341 e. The highest BCUT2D eigenvalue weighted by Crippen LogP contribution is 2.40. The normalized spacial score (nSPS) is 15.8. The van der Waals surface area contributed by atoms with Crippen LogP contribution in [-0.2, 0) is 22.4 Å². The topological polar surface area (TPSA) is 84.1 Å². The predicted octanol–water partition coefficient (Wildman–Crippen LogP) is 5.31. The highest BCUT2D eigenvalue weighted by molar-refractivity contribution is 7.99. The number of carbonyl (C=O) groups excluding carboxylic acids is 2. The van der Waals surface area contributed by atoms with Crippen molar-refractivity contribution in [2.24, 2.45) is 5.92 Å². The lowest BCUT2D eigenvalue weighted by molar-refractivity contribution is -0.113. The van der Waals surface area contributed by atoms with Gasteiger partial charge in [0, 0.05) is 9.90 Å². The Labute approximate surface area is 187 Å². The van der Waals surface area contributed by atoms with Crippen LogP contribution in [0.25, 0.3) is 11.0 Å². The van der Waals surface area contributed by atoms with Crippen molar-refractivity contribution < 1.29 is 14.3 Å². The van der Waals surface area contributed by atoms with Gasteiger partial charge in [-0.25, -0.2) is 9.78 Å². The lowest BCUT2D eigenvalue weighted by Gasteiger charge is -2.18. The minimum atomic E-state index is -0.360. The Hall–Kier alpha value is -2.03. The number of aromatic nitrogens is 2. The summed E-state index contributed by atoms with van der Waals surface area (Å²) in [5, 5.41) is 4.80. The number of thiophene rings is 1. The molecule has 1 aliphatic rings. The first-order valence-corrected chi connectivity index (χ1v) is 12.0. The molecule has 3 aromatic rings. The van der Waals surface area contributed by atoms with E-state index in [1.165, 1.54) is 28.0 Å². The number of esters is 1. The van der Waals surface area contributed by atoms with Crippen molar-refractivity contribution in [1.29, 1.82) is 0 Å². The van der Waals surface area contributed by atoms with Crippen LogP contribution < -0.4 is 5.32 Å². The molecule has 0 saturated carbocycles. The number of fused-ring (bicyclic) bond motifs is 2. The Bertz CT molecular complexity index is 1110. The molecular weight excluding hydrogens is 442 g/mol. The Morgan fingerprint density at radius 1 is 1.43 bits per heavy atom. The Balaban J connectivity index is 1.48. The van der Waals surface area contributed by atoms with Gasteiger partial charge in [-0.15, -0.1) is 11.3 Å². The molecule has 0 aliphatic heterocycles. The summed E-state index contributed by atoms with van der Waals surface area (Å²) < 4.78 is 5.26. The first kappa shape index (κ1) is 21.2. The number of thioether (sulfide) groups is 1. The van der Waals surface area contributed by atoms with Gasteiger partial charge < -0.3 is 15.0 Å². The number of hydrogen-bond donors (Lipinski definition) is 2. The summed E-state index contributed by atoms with van der Waals surface area (Å²) in [5.41, 5.74) is 3.19. The molecule has 0 bridgehead atoms. The van der Waals surface area contributed by atoms with Gasteiger partial charge in [0.1, 0.15) is 5.00 Å². The first-order valence-electron chi connectivity index (χ1n) is 9.84. The van der Waals surface area contributed by atoms with Crippen molar-refractivity contribution in [2.45, 2.75) is 38.3 Å². The number of H-pyrrole nitrogens is 1. The number of amides is 1. The van der Waals surface area contributed by atoms with Crippen LogP contribution in [-0.4, -0.2) is 34.2 Å². The average molecular weight is 464 g/mol. The van der Waals surface area contributed by atoms with E-state index in [1.54, 1.807) is 19.1 Å². The maximum absolute atomic E-state index is 12.6. The van der Waals surface area contributed by atoms with Gasteiger partial charge in [-0.3, -0.25) is 4.79 Å². The number of nitrogens with one attached hydrogen (secondary N) is 2. The number of nitrogens with zero attached hydrogens (tertiary/aromatic N) is 1. The van der Waals surface area contributed by atoms with E-state index in [2.05, 4.69) is 22.2 Å².